The molecule has 0 unspecified atom stereocenters. The van der Waals surface area contributed by atoms with E-state index in [1.807, 2.05) is 14.0 Å². The Labute approximate surface area is 95.8 Å². The molecule has 0 amide bonds. The van der Waals surface area contributed by atoms with Gasteiger partial charge >= 0.3 is 0 Å². The lowest BCUT2D eigenvalue weighted by molar-refractivity contribution is 0.523. The lowest BCUT2D eigenvalue weighted by Crippen LogP contribution is -2.25. The molecule has 1 aliphatic carbocycles. The Kier molecular flexibility index (Phi) is 3.32. The van der Waals surface area contributed by atoms with E-state index in [4.69, 9.17) is 11.6 Å². The molecule has 3 nitrogen and oxygen atoms in total. The molecule has 0 aromatic carbocycles. The molecule has 1 fully saturated rings. The summed E-state index contributed by atoms with van der Waals surface area (Å²) >= 11 is 6.16. The highest BCUT2D eigenvalue weighted by Crippen LogP contribution is 2.21. The van der Waals surface area contributed by atoms with Crippen molar-refractivity contribution in [1.82, 2.24) is 15.1 Å². The third-order valence-corrected chi connectivity index (χ3v) is 3.67. The van der Waals surface area contributed by atoms with Gasteiger partial charge in [-0.25, -0.2) is 0 Å². The summed E-state index contributed by atoms with van der Waals surface area (Å²) in [6.45, 7) is 2.86. The van der Waals surface area contributed by atoms with E-state index in [2.05, 4.69) is 10.4 Å². The smallest absolute Gasteiger partial charge is 0.131 e. The molecule has 84 valence electrons. The van der Waals surface area contributed by atoms with E-state index in [-0.39, 0.29) is 0 Å². The Hall–Kier alpha value is -0.540. The van der Waals surface area contributed by atoms with Gasteiger partial charge in [0, 0.05) is 25.2 Å². The standard InChI is InChI=1S/C11H18ClN3/c1-8-10(11(12)15(2)14-8)7-13-9-5-3-4-6-9/h9,13H,3-7H2,1-2H3. The third-order valence-electron chi connectivity index (χ3n) is 3.19. The Morgan fingerprint density at radius 2 is 2.13 bits per heavy atom. The van der Waals surface area contributed by atoms with Gasteiger partial charge in [0.15, 0.2) is 0 Å². The van der Waals surface area contributed by atoms with Gasteiger partial charge in [0.2, 0.25) is 0 Å². The lowest BCUT2D eigenvalue weighted by Gasteiger charge is -2.11. The van der Waals surface area contributed by atoms with Gasteiger partial charge in [0.25, 0.3) is 0 Å². The van der Waals surface area contributed by atoms with Gasteiger partial charge < -0.3 is 5.32 Å². The number of nitrogens with one attached hydrogen (secondary N) is 1. The summed E-state index contributed by atoms with van der Waals surface area (Å²) in [7, 11) is 1.88. The second kappa shape index (κ2) is 4.54. The zero-order chi connectivity index (χ0) is 10.8. The molecule has 0 atom stereocenters. The van der Waals surface area contributed by atoms with Crippen LogP contribution >= 0.6 is 11.6 Å². The minimum atomic E-state index is 0.681. The monoisotopic (exact) mass is 227 g/mol. The second-order valence-corrected chi connectivity index (χ2v) is 4.70. The second-order valence-electron chi connectivity index (χ2n) is 4.34. The summed E-state index contributed by atoms with van der Waals surface area (Å²) in [5, 5.41) is 8.62. The fourth-order valence-electron chi connectivity index (χ4n) is 2.25. The molecule has 2 rings (SSSR count). The van der Waals surface area contributed by atoms with E-state index in [1.54, 1.807) is 4.68 Å². The van der Waals surface area contributed by atoms with Crippen molar-refractivity contribution >= 4 is 11.6 Å². The maximum atomic E-state index is 6.16. The number of aryl methyl sites for hydroxylation is 2. The van der Waals surface area contributed by atoms with Crippen LogP contribution in [0.4, 0.5) is 0 Å². The lowest BCUT2D eigenvalue weighted by atomic mass is 10.2. The molecule has 4 heteroatoms. The molecule has 15 heavy (non-hydrogen) atoms. The van der Waals surface area contributed by atoms with Gasteiger partial charge in [-0.3, -0.25) is 4.68 Å². The van der Waals surface area contributed by atoms with Gasteiger partial charge in [-0.1, -0.05) is 24.4 Å². The van der Waals surface area contributed by atoms with E-state index in [1.165, 1.54) is 25.7 Å². The van der Waals surface area contributed by atoms with Crippen molar-refractivity contribution in [2.24, 2.45) is 7.05 Å². The van der Waals surface area contributed by atoms with Crippen LogP contribution in [-0.2, 0) is 13.6 Å². The fourth-order valence-corrected chi connectivity index (χ4v) is 2.49. The molecule has 1 aliphatic rings. The molecule has 0 spiro atoms. The normalized spacial score (nSPS) is 17.5. The summed E-state index contributed by atoms with van der Waals surface area (Å²) in [6, 6.07) is 0.681. The molecule has 0 bridgehead atoms. The van der Waals surface area contributed by atoms with Crippen LogP contribution in [0.2, 0.25) is 5.15 Å². The first kappa shape index (κ1) is 11.0. The van der Waals surface area contributed by atoms with Crippen LogP contribution in [0.15, 0.2) is 0 Å². The van der Waals surface area contributed by atoms with Crippen molar-refractivity contribution in [2.45, 2.75) is 45.2 Å². The molecule has 0 aliphatic heterocycles. The van der Waals surface area contributed by atoms with Gasteiger partial charge in [0.05, 0.1) is 5.69 Å². The van der Waals surface area contributed by atoms with Gasteiger partial charge in [-0.05, 0) is 19.8 Å². The highest BCUT2D eigenvalue weighted by atomic mass is 35.5. The zero-order valence-electron chi connectivity index (χ0n) is 9.39. The highest BCUT2D eigenvalue weighted by molar-refractivity contribution is 6.30. The molecule has 1 aromatic heterocycles. The van der Waals surface area contributed by atoms with Gasteiger partial charge in [-0.15, -0.1) is 0 Å². The summed E-state index contributed by atoms with van der Waals surface area (Å²) in [5.74, 6) is 0. The topological polar surface area (TPSA) is 29.9 Å². The van der Waals surface area contributed by atoms with Crippen molar-refractivity contribution in [1.29, 1.82) is 0 Å². The molecule has 1 heterocycles. The first-order valence-electron chi connectivity index (χ1n) is 5.60. The van der Waals surface area contributed by atoms with E-state index < -0.39 is 0 Å². The van der Waals surface area contributed by atoms with Crippen molar-refractivity contribution in [2.75, 3.05) is 0 Å². The Balaban J connectivity index is 1.97. The number of nitrogens with zero attached hydrogens (tertiary/aromatic N) is 2. The maximum absolute atomic E-state index is 6.16. The van der Waals surface area contributed by atoms with Crippen LogP contribution in [0, 0.1) is 6.92 Å². The van der Waals surface area contributed by atoms with Crippen LogP contribution < -0.4 is 5.32 Å². The van der Waals surface area contributed by atoms with Gasteiger partial charge in [-0.2, -0.15) is 5.10 Å². The van der Waals surface area contributed by atoms with E-state index in [0.717, 1.165) is 23.0 Å². The minimum Gasteiger partial charge on any atom is -0.310 e. The van der Waals surface area contributed by atoms with E-state index in [9.17, 15) is 0 Å². The van der Waals surface area contributed by atoms with Crippen molar-refractivity contribution < 1.29 is 0 Å². The van der Waals surface area contributed by atoms with Crippen LogP contribution in [0.5, 0.6) is 0 Å². The summed E-state index contributed by atoms with van der Waals surface area (Å²) in [4.78, 5) is 0. The molecule has 1 aromatic rings. The van der Waals surface area contributed by atoms with Crippen molar-refractivity contribution in [3.05, 3.63) is 16.4 Å². The predicted molar refractivity (Wildman–Crippen MR) is 62.1 cm³/mol. The SMILES string of the molecule is Cc1nn(C)c(Cl)c1CNC1CCCC1. The number of halogens is 1. The van der Waals surface area contributed by atoms with Crippen molar-refractivity contribution in [3.63, 3.8) is 0 Å². The van der Waals surface area contributed by atoms with Crippen LogP contribution in [-0.4, -0.2) is 15.8 Å². The largest absolute Gasteiger partial charge is 0.310 e. The molecular weight excluding hydrogens is 210 g/mol. The first-order chi connectivity index (χ1) is 7.18. The van der Waals surface area contributed by atoms with Crippen LogP contribution in [0.1, 0.15) is 36.9 Å². The minimum absolute atomic E-state index is 0.681. The molecular formula is C11H18ClN3. The molecule has 1 saturated carbocycles. The predicted octanol–water partition coefficient (Wildman–Crippen LogP) is 2.41. The highest BCUT2D eigenvalue weighted by Gasteiger charge is 2.16. The quantitative estimate of drug-likeness (QED) is 0.860. The van der Waals surface area contributed by atoms with Gasteiger partial charge in [0.1, 0.15) is 5.15 Å². The van der Waals surface area contributed by atoms with E-state index >= 15 is 0 Å². The number of rotatable bonds is 3. The summed E-state index contributed by atoms with van der Waals surface area (Å²) in [6.07, 6.45) is 5.32. The summed E-state index contributed by atoms with van der Waals surface area (Å²) < 4.78 is 1.74. The zero-order valence-corrected chi connectivity index (χ0v) is 10.1. The van der Waals surface area contributed by atoms with Crippen LogP contribution in [0.25, 0.3) is 0 Å². The Bertz CT molecular complexity index is 340. The van der Waals surface area contributed by atoms with Crippen LogP contribution in [0.3, 0.4) is 0 Å². The number of aromatic nitrogens is 2. The molecule has 1 N–H and O–H groups in total. The Morgan fingerprint density at radius 3 is 2.67 bits per heavy atom. The summed E-state index contributed by atoms with van der Waals surface area (Å²) in [5.41, 5.74) is 2.18. The molecule has 0 saturated heterocycles. The molecule has 0 radical (unpaired) electrons. The van der Waals surface area contributed by atoms with E-state index in [0.29, 0.717) is 6.04 Å². The maximum Gasteiger partial charge on any atom is 0.131 e. The average molecular weight is 228 g/mol. The third kappa shape index (κ3) is 2.34. The average Bonchev–Trinajstić information content (AvgIpc) is 2.76. The Morgan fingerprint density at radius 1 is 1.47 bits per heavy atom. The number of hydrogen-bond acceptors (Lipinski definition) is 2. The fraction of sp³-hybridized carbons (Fsp3) is 0.727. The number of hydrogen-bond donors (Lipinski definition) is 1. The first-order valence-corrected chi connectivity index (χ1v) is 5.97. The van der Waals surface area contributed by atoms with Crippen molar-refractivity contribution in [3.8, 4) is 0 Å².